The Morgan fingerprint density at radius 1 is 1.07 bits per heavy atom. The summed E-state index contributed by atoms with van der Waals surface area (Å²) in [6, 6.07) is 14.3. The number of rotatable bonds is 9. The molecule has 8 heteroatoms. The standard InChI is InChI=1S/C22H26FN5OS/c1-3-4-13-24-21(29)25-14-20-26-27-22(28(20)19-11-5-16(2)6-12-19)30-15-17-7-9-18(23)10-8-17/h5-12H,3-4,13-15H2,1-2H3,(H2,24,25,29). The molecule has 0 saturated heterocycles. The first-order valence-corrected chi connectivity index (χ1v) is 11.0. The molecule has 1 heterocycles. The minimum absolute atomic E-state index is 0.220. The number of nitrogens with one attached hydrogen (secondary N) is 2. The molecular weight excluding hydrogens is 401 g/mol. The van der Waals surface area contributed by atoms with Gasteiger partial charge in [-0.2, -0.15) is 0 Å². The van der Waals surface area contributed by atoms with Gasteiger partial charge < -0.3 is 10.6 Å². The zero-order valence-electron chi connectivity index (χ0n) is 17.2. The molecule has 6 nitrogen and oxygen atoms in total. The van der Waals surface area contributed by atoms with Crippen molar-refractivity contribution in [3.05, 3.63) is 71.3 Å². The molecule has 0 atom stereocenters. The third-order valence-corrected chi connectivity index (χ3v) is 5.50. The summed E-state index contributed by atoms with van der Waals surface area (Å²) in [5, 5.41) is 15.0. The van der Waals surface area contributed by atoms with E-state index < -0.39 is 0 Å². The molecule has 1 aromatic heterocycles. The van der Waals surface area contributed by atoms with E-state index in [1.807, 2.05) is 35.8 Å². The van der Waals surface area contributed by atoms with Gasteiger partial charge in [0.15, 0.2) is 11.0 Å². The number of carbonyl (C=O) groups is 1. The minimum Gasteiger partial charge on any atom is -0.338 e. The zero-order chi connectivity index (χ0) is 21.3. The van der Waals surface area contributed by atoms with E-state index in [1.165, 1.54) is 23.9 Å². The van der Waals surface area contributed by atoms with Crippen molar-refractivity contribution in [3.63, 3.8) is 0 Å². The number of halogens is 1. The van der Waals surface area contributed by atoms with Gasteiger partial charge in [0, 0.05) is 18.0 Å². The molecule has 0 radical (unpaired) electrons. The SMILES string of the molecule is CCCCNC(=O)NCc1nnc(SCc2ccc(F)cc2)n1-c1ccc(C)cc1. The number of amides is 2. The van der Waals surface area contributed by atoms with Gasteiger partial charge in [0.1, 0.15) is 5.82 Å². The van der Waals surface area contributed by atoms with Crippen LogP contribution in [0.3, 0.4) is 0 Å². The van der Waals surface area contributed by atoms with E-state index in [0.29, 0.717) is 23.3 Å². The average Bonchev–Trinajstić information content (AvgIpc) is 3.15. The summed E-state index contributed by atoms with van der Waals surface area (Å²) >= 11 is 1.52. The van der Waals surface area contributed by atoms with Crippen LogP contribution in [0.1, 0.15) is 36.7 Å². The maximum Gasteiger partial charge on any atom is 0.315 e. The summed E-state index contributed by atoms with van der Waals surface area (Å²) in [5.74, 6) is 1.03. The van der Waals surface area contributed by atoms with Crippen molar-refractivity contribution in [1.82, 2.24) is 25.4 Å². The summed E-state index contributed by atoms with van der Waals surface area (Å²) in [6.45, 7) is 5.01. The van der Waals surface area contributed by atoms with Crippen molar-refractivity contribution in [1.29, 1.82) is 0 Å². The molecule has 0 aliphatic carbocycles. The first kappa shape index (κ1) is 21.8. The van der Waals surface area contributed by atoms with Gasteiger partial charge in [-0.25, -0.2) is 9.18 Å². The number of unbranched alkanes of at least 4 members (excludes halogenated alkanes) is 1. The first-order chi connectivity index (χ1) is 14.6. The predicted octanol–water partition coefficient (Wildman–Crippen LogP) is 4.61. The molecule has 0 aliphatic heterocycles. The third kappa shape index (κ3) is 6.06. The number of thioether (sulfide) groups is 1. The molecule has 158 valence electrons. The van der Waals surface area contributed by atoms with E-state index in [2.05, 4.69) is 27.8 Å². The fraction of sp³-hybridized carbons (Fsp3) is 0.318. The Labute approximate surface area is 180 Å². The lowest BCUT2D eigenvalue weighted by molar-refractivity contribution is 0.240. The Morgan fingerprint density at radius 3 is 2.50 bits per heavy atom. The van der Waals surface area contributed by atoms with Crippen LogP contribution in [0.15, 0.2) is 53.7 Å². The van der Waals surface area contributed by atoms with Crippen LogP contribution in [0.25, 0.3) is 5.69 Å². The summed E-state index contributed by atoms with van der Waals surface area (Å²) in [5.41, 5.74) is 3.08. The number of aromatic nitrogens is 3. The van der Waals surface area contributed by atoms with Gasteiger partial charge in [-0.1, -0.05) is 54.9 Å². The number of benzene rings is 2. The number of hydrogen-bond donors (Lipinski definition) is 2. The fourth-order valence-electron chi connectivity index (χ4n) is 2.79. The molecule has 2 N–H and O–H groups in total. The lowest BCUT2D eigenvalue weighted by Gasteiger charge is -2.12. The van der Waals surface area contributed by atoms with E-state index in [1.54, 1.807) is 12.1 Å². The maximum absolute atomic E-state index is 13.1. The van der Waals surface area contributed by atoms with Crippen molar-refractivity contribution in [2.24, 2.45) is 0 Å². The summed E-state index contributed by atoms with van der Waals surface area (Å²) < 4.78 is 15.1. The van der Waals surface area contributed by atoms with E-state index in [0.717, 1.165) is 29.7 Å². The first-order valence-electron chi connectivity index (χ1n) is 9.97. The second kappa shape index (κ2) is 10.8. The molecule has 0 bridgehead atoms. The highest BCUT2D eigenvalue weighted by Gasteiger charge is 2.15. The molecule has 2 aromatic carbocycles. The highest BCUT2D eigenvalue weighted by Crippen LogP contribution is 2.25. The summed E-state index contributed by atoms with van der Waals surface area (Å²) in [4.78, 5) is 12.0. The molecule has 2 amide bonds. The molecule has 0 fully saturated rings. The van der Waals surface area contributed by atoms with Crippen LogP contribution < -0.4 is 10.6 Å². The van der Waals surface area contributed by atoms with Crippen molar-refractivity contribution in [2.45, 2.75) is 44.1 Å². The third-order valence-electron chi connectivity index (χ3n) is 4.50. The quantitative estimate of drug-likeness (QED) is 0.387. The van der Waals surface area contributed by atoms with Crippen molar-refractivity contribution < 1.29 is 9.18 Å². The van der Waals surface area contributed by atoms with Crippen molar-refractivity contribution in [2.75, 3.05) is 6.54 Å². The van der Waals surface area contributed by atoms with Crippen molar-refractivity contribution in [3.8, 4) is 5.69 Å². The largest absolute Gasteiger partial charge is 0.338 e. The lowest BCUT2D eigenvalue weighted by atomic mass is 10.2. The molecule has 3 aromatic rings. The van der Waals surface area contributed by atoms with Gasteiger partial charge in [0.2, 0.25) is 0 Å². The summed E-state index contributed by atoms with van der Waals surface area (Å²) in [7, 11) is 0. The van der Waals surface area contributed by atoms with Crippen LogP contribution in [-0.4, -0.2) is 27.3 Å². The Bertz CT molecular complexity index is 957. The van der Waals surface area contributed by atoms with Gasteiger partial charge in [0.05, 0.1) is 6.54 Å². The van der Waals surface area contributed by atoms with Crippen LogP contribution in [-0.2, 0) is 12.3 Å². The number of aryl methyl sites for hydroxylation is 1. The van der Waals surface area contributed by atoms with E-state index >= 15 is 0 Å². The smallest absolute Gasteiger partial charge is 0.315 e. The van der Waals surface area contributed by atoms with E-state index in [9.17, 15) is 9.18 Å². The maximum atomic E-state index is 13.1. The van der Waals surface area contributed by atoms with Crippen LogP contribution in [0.2, 0.25) is 0 Å². The van der Waals surface area contributed by atoms with Crippen LogP contribution in [0, 0.1) is 12.7 Å². The Hall–Kier alpha value is -2.87. The molecule has 0 aliphatic rings. The van der Waals surface area contributed by atoms with Crippen LogP contribution >= 0.6 is 11.8 Å². The number of hydrogen-bond acceptors (Lipinski definition) is 4. The zero-order valence-corrected chi connectivity index (χ0v) is 18.0. The van der Waals surface area contributed by atoms with Gasteiger partial charge in [0.25, 0.3) is 0 Å². The second-order valence-electron chi connectivity index (χ2n) is 6.95. The fourth-order valence-corrected chi connectivity index (χ4v) is 3.72. The van der Waals surface area contributed by atoms with Gasteiger partial charge >= 0.3 is 6.03 Å². The Balaban J connectivity index is 1.75. The molecule has 0 unspecified atom stereocenters. The predicted molar refractivity (Wildman–Crippen MR) is 117 cm³/mol. The average molecular weight is 428 g/mol. The Morgan fingerprint density at radius 2 is 1.80 bits per heavy atom. The Kier molecular flexibility index (Phi) is 7.84. The second-order valence-corrected chi connectivity index (χ2v) is 7.89. The molecular formula is C22H26FN5OS. The lowest BCUT2D eigenvalue weighted by Crippen LogP contribution is -2.36. The number of urea groups is 1. The minimum atomic E-state index is -0.253. The number of nitrogens with zero attached hydrogens (tertiary/aromatic N) is 3. The van der Waals surface area contributed by atoms with Crippen LogP contribution in [0.4, 0.5) is 9.18 Å². The molecule has 3 rings (SSSR count). The van der Waals surface area contributed by atoms with E-state index in [-0.39, 0.29) is 18.4 Å². The van der Waals surface area contributed by atoms with E-state index in [4.69, 9.17) is 0 Å². The number of carbonyl (C=O) groups excluding carboxylic acids is 1. The molecule has 30 heavy (non-hydrogen) atoms. The monoisotopic (exact) mass is 427 g/mol. The van der Waals surface area contributed by atoms with Crippen molar-refractivity contribution >= 4 is 17.8 Å². The van der Waals surface area contributed by atoms with Gasteiger partial charge in [-0.15, -0.1) is 10.2 Å². The van der Waals surface area contributed by atoms with Gasteiger partial charge in [-0.05, 0) is 43.2 Å². The molecule has 0 saturated carbocycles. The van der Waals surface area contributed by atoms with Crippen LogP contribution in [0.5, 0.6) is 0 Å². The highest BCUT2D eigenvalue weighted by molar-refractivity contribution is 7.98. The molecule has 0 spiro atoms. The topological polar surface area (TPSA) is 71.8 Å². The normalized spacial score (nSPS) is 10.8. The van der Waals surface area contributed by atoms with Gasteiger partial charge in [-0.3, -0.25) is 4.57 Å². The highest BCUT2D eigenvalue weighted by atomic mass is 32.2. The summed E-state index contributed by atoms with van der Waals surface area (Å²) in [6.07, 6.45) is 1.97.